The smallest absolute Gasteiger partial charge is 0.0466 e. The second kappa shape index (κ2) is 41.9. The van der Waals surface area contributed by atoms with Gasteiger partial charge in [-0.3, -0.25) is 0 Å². The van der Waals surface area contributed by atoms with E-state index in [0.717, 1.165) is 65.3 Å². The zero-order valence-electron chi connectivity index (χ0n) is 30.1. The Morgan fingerprint density at radius 1 is 0.186 bits per heavy atom. The molecule has 0 aliphatic carbocycles. The topological polar surface area (TPSA) is 27.7 Å². The first-order valence-electron chi connectivity index (χ1n) is 20.1. The van der Waals surface area contributed by atoms with Gasteiger partial charge in [0.05, 0.1) is 0 Å². The van der Waals surface area contributed by atoms with Crippen LogP contribution in [0.3, 0.4) is 0 Å². The maximum Gasteiger partial charge on any atom is 0.0466 e. The van der Waals surface area contributed by atoms with Crippen LogP contribution in [0.4, 0.5) is 0 Å². The molecule has 0 aliphatic rings. The van der Waals surface area contributed by atoms with Gasteiger partial charge in [0.2, 0.25) is 0 Å². The normalized spacial score (nSPS) is 11.6. The van der Waals surface area contributed by atoms with Crippen LogP contribution in [0.25, 0.3) is 0 Å². The summed E-state index contributed by atoms with van der Waals surface area (Å²) >= 11 is 0. The molecule has 0 aliphatic heterocycles. The lowest BCUT2D eigenvalue weighted by atomic mass is 10.0. The van der Waals surface area contributed by atoms with E-state index < -0.39 is 0 Å². The summed E-state index contributed by atoms with van der Waals surface area (Å²) in [6, 6.07) is 0. The Kier molecular flexibility index (Phi) is 41.8. The minimum absolute atomic E-state index is 0.877. The summed E-state index contributed by atoms with van der Waals surface area (Å²) < 4.78 is 17.4. The van der Waals surface area contributed by atoms with E-state index in [4.69, 9.17) is 14.2 Å². The molecular formula is C40H82O3. The molecule has 0 heterocycles. The van der Waals surface area contributed by atoms with Crippen LogP contribution >= 0.6 is 0 Å². The second-order valence-corrected chi connectivity index (χ2v) is 13.4. The molecule has 0 aromatic heterocycles. The first kappa shape index (κ1) is 42.9. The summed E-state index contributed by atoms with van der Waals surface area (Å²) in [6.45, 7) is 10.0. The van der Waals surface area contributed by atoms with Crippen LogP contribution in [0.2, 0.25) is 0 Å². The van der Waals surface area contributed by atoms with Crippen molar-refractivity contribution in [1.82, 2.24) is 0 Å². The first-order chi connectivity index (χ1) is 21.4. The lowest BCUT2D eigenvalue weighted by Crippen LogP contribution is -2.03. The molecule has 0 radical (unpaired) electrons. The second-order valence-electron chi connectivity index (χ2n) is 13.4. The van der Waals surface area contributed by atoms with Gasteiger partial charge in [-0.2, -0.15) is 0 Å². The van der Waals surface area contributed by atoms with Crippen molar-refractivity contribution in [1.29, 1.82) is 0 Å². The number of ether oxygens (including phenoxy) is 3. The maximum absolute atomic E-state index is 5.82. The lowest BCUT2D eigenvalue weighted by molar-refractivity contribution is 0.0890. The van der Waals surface area contributed by atoms with Crippen LogP contribution in [0, 0.1) is 0 Å². The predicted octanol–water partition coefficient (Wildman–Crippen LogP) is 13.6. The number of rotatable bonds is 40. The number of hydrogen-bond donors (Lipinski definition) is 0. The molecule has 0 unspecified atom stereocenters. The van der Waals surface area contributed by atoms with Gasteiger partial charge in [0.25, 0.3) is 0 Å². The molecule has 0 amide bonds. The van der Waals surface area contributed by atoms with Gasteiger partial charge in [-0.1, -0.05) is 181 Å². The van der Waals surface area contributed by atoms with Crippen LogP contribution in [0.1, 0.15) is 219 Å². The highest BCUT2D eigenvalue weighted by Gasteiger charge is 1.97. The van der Waals surface area contributed by atoms with Gasteiger partial charge in [0.15, 0.2) is 0 Å². The van der Waals surface area contributed by atoms with E-state index in [1.165, 1.54) is 180 Å². The summed E-state index contributed by atoms with van der Waals surface area (Å²) in [5.74, 6) is 0. The molecule has 0 N–H and O–H groups in total. The third-order valence-corrected chi connectivity index (χ3v) is 8.94. The van der Waals surface area contributed by atoms with Gasteiger partial charge in [-0.25, -0.2) is 0 Å². The first-order valence-corrected chi connectivity index (χ1v) is 20.1. The van der Waals surface area contributed by atoms with E-state index in [2.05, 4.69) is 13.8 Å². The fraction of sp³-hybridized carbons (Fsp3) is 1.00. The highest BCUT2D eigenvalue weighted by Crippen LogP contribution is 2.14. The van der Waals surface area contributed by atoms with Crippen LogP contribution in [0.15, 0.2) is 0 Å². The van der Waals surface area contributed by atoms with Crippen LogP contribution in [-0.2, 0) is 14.2 Å². The van der Waals surface area contributed by atoms with Crippen molar-refractivity contribution in [2.45, 2.75) is 219 Å². The standard InChI is InChI=1S/C40H82O3/c1-3-5-7-9-11-13-15-17-19-21-23-25-27-29-35-41-37-31-33-39-43-40-34-32-38-42-36-30-28-26-24-22-20-18-16-14-12-10-8-6-4-2/h3-40H2,1-2H3. The van der Waals surface area contributed by atoms with E-state index in [1.807, 2.05) is 0 Å². The van der Waals surface area contributed by atoms with Gasteiger partial charge < -0.3 is 14.2 Å². The Morgan fingerprint density at radius 3 is 0.512 bits per heavy atom. The quantitative estimate of drug-likeness (QED) is 0.0646. The van der Waals surface area contributed by atoms with Crippen molar-refractivity contribution in [3.05, 3.63) is 0 Å². The highest BCUT2D eigenvalue weighted by molar-refractivity contribution is 4.51. The summed E-state index contributed by atoms with van der Waals surface area (Å²) in [5, 5.41) is 0. The maximum atomic E-state index is 5.82. The molecule has 0 atom stereocenters. The van der Waals surface area contributed by atoms with Gasteiger partial charge in [0, 0.05) is 39.6 Å². The molecule has 3 heteroatoms. The zero-order chi connectivity index (χ0) is 31.0. The Bertz CT molecular complexity index is 415. The Morgan fingerprint density at radius 2 is 0.326 bits per heavy atom. The third kappa shape index (κ3) is 41.9. The van der Waals surface area contributed by atoms with Crippen molar-refractivity contribution in [2.24, 2.45) is 0 Å². The van der Waals surface area contributed by atoms with Crippen molar-refractivity contribution in [3.8, 4) is 0 Å². The van der Waals surface area contributed by atoms with Crippen molar-refractivity contribution < 1.29 is 14.2 Å². The van der Waals surface area contributed by atoms with Crippen molar-refractivity contribution in [2.75, 3.05) is 39.6 Å². The fourth-order valence-electron chi connectivity index (χ4n) is 5.92. The van der Waals surface area contributed by atoms with E-state index in [1.54, 1.807) is 0 Å². The third-order valence-electron chi connectivity index (χ3n) is 8.94. The summed E-state index contributed by atoms with van der Waals surface area (Å²) in [4.78, 5) is 0. The minimum atomic E-state index is 0.877. The van der Waals surface area contributed by atoms with Gasteiger partial charge in [0.1, 0.15) is 0 Å². The highest BCUT2D eigenvalue weighted by atomic mass is 16.5. The van der Waals surface area contributed by atoms with Crippen LogP contribution < -0.4 is 0 Å². The Hall–Kier alpha value is -0.120. The molecule has 0 saturated carbocycles. The predicted molar refractivity (Wildman–Crippen MR) is 192 cm³/mol. The van der Waals surface area contributed by atoms with Gasteiger partial charge in [-0.15, -0.1) is 0 Å². The Balaban J connectivity index is 3.02. The molecule has 0 aromatic rings. The minimum Gasteiger partial charge on any atom is -0.381 e. The van der Waals surface area contributed by atoms with Crippen molar-refractivity contribution in [3.63, 3.8) is 0 Å². The fourth-order valence-corrected chi connectivity index (χ4v) is 5.92. The summed E-state index contributed by atoms with van der Waals surface area (Å²) in [6.07, 6.45) is 44.0. The SMILES string of the molecule is CCCCCCCCCCCCCCCCOCCCCOCCCCOCCCCCCCCCCCCCCCC. The van der Waals surface area contributed by atoms with E-state index in [0.29, 0.717) is 0 Å². The molecule has 260 valence electrons. The van der Waals surface area contributed by atoms with Crippen molar-refractivity contribution >= 4 is 0 Å². The van der Waals surface area contributed by atoms with Gasteiger partial charge in [-0.05, 0) is 38.5 Å². The molecule has 3 nitrogen and oxygen atoms in total. The van der Waals surface area contributed by atoms with E-state index in [-0.39, 0.29) is 0 Å². The van der Waals surface area contributed by atoms with E-state index >= 15 is 0 Å². The monoisotopic (exact) mass is 611 g/mol. The lowest BCUT2D eigenvalue weighted by Gasteiger charge is -2.07. The molecule has 0 bridgehead atoms. The molecule has 0 spiro atoms. The average molecular weight is 611 g/mol. The zero-order valence-corrected chi connectivity index (χ0v) is 30.1. The Labute approximate surface area is 272 Å². The van der Waals surface area contributed by atoms with Crippen LogP contribution in [0.5, 0.6) is 0 Å². The van der Waals surface area contributed by atoms with E-state index in [9.17, 15) is 0 Å². The molecule has 43 heavy (non-hydrogen) atoms. The molecule has 0 rings (SSSR count). The molecule has 0 fully saturated rings. The molecule has 0 saturated heterocycles. The van der Waals surface area contributed by atoms with Crippen LogP contribution in [-0.4, -0.2) is 39.6 Å². The number of hydrogen-bond acceptors (Lipinski definition) is 3. The summed E-state index contributed by atoms with van der Waals surface area (Å²) in [7, 11) is 0. The molecular weight excluding hydrogens is 528 g/mol. The molecule has 0 aromatic carbocycles. The van der Waals surface area contributed by atoms with Gasteiger partial charge >= 0.3 is 0 Å². The summed E-state index contributed by atoms with van der Waals surface area (Å²) in [5.41, 5.74) is 0. The number of unbranched alkanes of at least 4 members (excludes halogenated alkanes) is 28. The average Bonchev–Trinajstić information content (AvgIpc) is 3.02. The largest absolute Gasteiger partial charge is 0.381 e.